The van der Waals surface area contributed by atoms with Gasteiger partial charge in [0, 0.05) is 25.4 Å². The summed E-state index contributed by atoms with van der Waals surface area (Å²) in [6.45, 7) is 10.9. The molecule has 1 saturated heterocycles. The molecular formula is C27H35N3O2. The summed E-state index contributed by atoms with van der Waals surface area (Å²) in [6.07, 6.45) is 3.19. The number of hydrogen-bond donors (Lipinski definition) is 1. The number of ether oxygens (including phenoxy) is 1. The Hall–Kier alpha value is -2.82. The van der Waals surface area contributed by atoms with Gasteiger partial charge in [0.15, 0.2) is 0 Å². The molecular weight excluding hydrogens is 398 g/mol. The van der Waals surface area contributed by atoms with Crippen molar-refractivity contribution in [1.82, 2.24) is 14.9 Å². The van der Waals surface area contributed by atoms with Crippen molar-refractivity contribution >= 4 is 16.9 Å². The van der Waals surface area contributed by atoms with Crippen molar-refractivity contribution in [2.24, 2.45) is 0 Å². The molecule has 1 aromatic heterocycles. The topological polar surface area (TPSA) is 58.2 Å². The molecule has 2 aromatic carbocycles. The first-order valence-electron chi connectivity index (χ1n) is 11.8. The van der Waals surface area contributed by atoms with Gasteiger partial charge in [-0.2, -0.15) is 0 Å². The van der Waals surface area contributed by atoms with Crippen LogP contribution in [0, 0.1) is 6.92 Å². The predicted molar refractivity (Wildman–Crippen MR) is 129 cm³/mol. The molecule has 0 saturated carbocycles. The third-order valence-electron chi connectivity index (χ3n) is 6.41. The quantitative estimate of drug-likeness (QED) is 0.505. The average Bonchev–Trinajstić information content (AvgIpc) is 3.19. The van der Waals surface area contributed by atoms with E-state index < -0.39 is 0 Å². The number of rotatable bonds is 6. The van der Waals surface area contributed by atoms with Gasteiger partial charge in [-0.3, -0.25) is 4.79 Å². The minimum Gasteiger partial charge on any atom is -0.494 e. The van der Waals surface area contributed by atoms with Crippen LogP contribution in [-0.4, -0.2) is 40.5 Å². The number of amides is 1. The first kappa shape index (κ1) is 22.4. The Morgan fingerprint density at radius 2 is 1.84 bits per heavy atom. The van der Waals surface area contributed by atoms with Crippen LogP contribution >= 0.6 is 0 Å². The fourth-order valence-electron chi connectivity index (χ4n) is 4.36. The number of aromatic amines is 1. The van der Waals surface area contributed by atoms with Crippen molar-refractivity contribution < 1.29 is 9.53 Å². The van der Waals surface area contributed by atoms with Gasteiger partial charge in [-0.05, 0) is 67.0 Å². The highest BCUT2D eigenvalue weighted by Gasteiger charge is 2.25. The van der Waals surface area contributed by atoms with E-state index in [2.05, 4.69) is 63.0 Å². The van der Waals surface area contributed by atoms with Crippen LogP contribution in [0.25, 0.3) is 11.0 Å². The molecule has 0 bridgehead atoms. The summed E-state index contributed by atoms with van der Waals surface area (Å²) < 4.78 is 5.84. The van der Waals surface area contributed by atoms with Crippen LogP contribution in [0.4, 0.5) is 0 Å². The molecule has 32 heavy (non-hydrogen) atoms. The Kier molecular flexibility index (Phi) is 6.54. The summed E-state index contributed by atoms with van der Waals surface area (Å²) in [6, 6.07) is 14.6. The second kappa shape index (κ2) is 9.35. The maximum Gasteiger partial charge on any atom is 0.222 e. The van der Waals surface area contributed by atoms with Crippen LogP contribution in [-0.2, 0) is 10.2 Å². The van der Waals surface area contributed by atoms with Crippen LogP contribution in [0.2, 0.25) is 0 Å². The van der Waals surface area contributed by atoms with Gasteiger partial charge in [0.25, 0.3) is 0 Å². The average molecular weight is 434 g/mol. The van der Waals surface area contributed by atoms with Crippen molar-refractivity contribution in [1.29, 1.82) is 0 Å². The number of aromatic nitrogens is 2. The van der Waals surface area contributed by atoms with E-state index in [1.165, 1.54) is 11.1 Å². The SMILES string of the molecule is Cc1ccc2nc(C3CCN(C(=O)CCCOc4ccc(C(C)(C)C)cc4)CC3)[nH]c2c1. The highest BCUT2D eigenvalue weighted by Crippen LogP contribution is 2.28. The van der Waals surface area contributed by atoms with Crippen LogP contribution in [0.15, 0.2) is 42.5 Å². The third kappa shape index (κ3) is 5.32. The summed E-state index contributed by atoms with van der Waals surface area (Å²) in [4.78, 5) is 22.9. The maximum atomic E-state index is 12.6. The minimum absolute atomic E-state index is 0.141. The number of nitrogens with zero attached hydrogens (tertiary/aromatic N) is 2. The van der Waals surface area contributed by atoms with E-state index in [4.69, 9.17) is 9.72 Å². The predicted octanol–water partition coefficient (Wildman–Crippen LogP) is 5.73. The van der Waals surface area contributed by atoms with Crippen molar-refractivity contribution in [2.45, 2.75) is 64.7 Å². The number of piperidine rings is 1. The zero-order valence-electron chi connectivity index (χ0n) is 19.8. The number of likely N-dealkylation sites (tertiary alicyclic amines) is 1. The molecule has 0 radical (unpaired) electrons. The molecule has 1 amide bonds. The molecule has 4 rings (SSSR count). The highest BCUT2D eigenvalue weighted by atomic mass is 16.5. The van der Waals surface area contributed by atoms with E-state index >= 15 is 0 Å². The van der Waals surface area contributed by atoms with E-state index in [0.29, 0.717) is 18.9 Å². The lowest BCUT2D eigenvalue weighted by molar-refractivity contribution is -0.132. The van der Waals surface area contributed by atoms with E-state index in [1.807, 2.05) is 17.0 Å². The molecule has 170 valence electrons. The van der Waals surface area contributed by atoms with E-state index in [0.717, 1.165) is 55.0 Å². The molecule has 5 nitrogen and oxygen atoms in total. The van der Waals surface area contributed by atoms with Crippen LogP contribution in [0.5, 0.6) is 5.75 Å². The van der Waals surface area contributed by atoms with Gasteiger partial charge in [-0.1, -0.05) is 39.0 Å². The zero-order chi connectivity index (χ0) is 22.7. The fraction of sp³-hybridized carbons (Fsp3) is 0.481. The Balaban J connectivity index is 1.20. The molecule has 0 aliphatic carbocycles. The Bertz CT molecular complexity index is 1050. The molecule has 1 aliphatic heterocycles. The van der Waals surface area contributed by atoms with Gasteiger partial charge in [0.1, 0.15) is 11.6 Å². The fourth-order valence-corrected chi connectivity index (χ4v) is 4.36. The second-order valence-electron chi connectivity index (χ2n) is 10.0. The van der Waals surface area contributed by atoms with Gasteiger partial charge < -0.3 is 14.6 Å². The molecule has 0 unspecified atom stereocenters. The second-order valence-corrected chi connectivity index (χ2v) is 10.0. The smallest absolute Gasteiger partial charge is 0.222 e. The summed E-state index contributed by atoms with van der Waals surface area (Å²) in [5, 5.41) is 0. The van der Waals surface area contributed by atoms with Gasteiger partial charge in [0.2, 0.25) is 5.91 Å². The van der Waals surface area contributed by atoms with Gasteiger partial charge >= 0.3 is 0 Å². The summed E-state index contributed by atoms with van der Waals surface area (Å²) >= 11 is 0. The molecule has 3 aromatic rings. The Labute approximate surface area is 191 Å². The van der Waals surface area contributed by atoms with Crippen molar-refractivity contribution in [3.05, 3.63) is 59.4 Å². The standard InChI is InChI=1S/C27H35N3O2/c1-19-7-12-23-24(18-19)29-26(28-23)20-13-15-30(16-14-20)25(31)6-5-17-32-22-10-8-21(9-11-22)27(2,3)4/h7-12,18,20H,5-6,13-17H2,1-4H3,(H,28,29). The van der Waals surface area contributed by atoms with E-state index in [-0.39, 0.29) is 11.3 Å². The van der Waals surface area contributed by atoms with Crippen LogP contribution in [0.1, 0.15) is 69.3 Å². The number of carbonyl (C=O) groups excluding carboxylic acids is 1. The number of carbonyl (C=O) groups is 1. The number of aryl methyl sites for hydroxylation is 1. The number of nitrogens with one attached hydrogen (secondary N) is 1. The van der Waals surface area contributed by atoms with E-state index in [9.17, 15) is 4.79 Å². The molecule has 1 N–H and O–H groups in total. The maximum absolute atomic E-state index is 12.6. The zero-order valence-corrected chi connectivity index (χ0v) is 19.8. The minimum atomic E-state index is 0.141. The molecule has 0 atom stereocenters. The van der Waals surface area contributed by atoms with Crippen LogP contribution in [0.3, 0.4) is 0 Å². The lowest BCUT2D eigenvalue weighted by atomic mass is 9.87. The summed E-state index contributed by atoms with van der Waals surface area (Å²) in [5.41, 5.74) is 4.80. The highest BCUT2D eigenvalue weighted by molar-refractivity contribution is 5.77. The summed E-state index contributed by atoms with van der Waals surface area (Å²) in [7, 11) is 0. The molecule has 2 heterocycles. The Morgan fingerprint density at radius 1 is 1.12 bits per heavy atom. The first-order valence-corrected chi connectivity index (χ1v) is 11.8. The number of H-pyrrole nitrogens is 1. The largest absolute Gasteiger partial charge is 0.494 e. The molecule has 5 heteroatoms. The van der Waals surface area contributed by atoms with Crippen molar-refractivity contribution in [3.8, 4) is 5.75 Å². The van der Waals surface area contributed by atoms with Crippen LogP contribution < -0.4 is 4.74 Å². The van der Waals surface area contributed by atoms with Gasteiger partial charge in [-0.15, -0.1) is 0 Å². The molecule has 1 aliphatic rings. The number of imidazole rings is 1. The van der Waals surface area contributed by atoms with Crippen molar-refractivity contribution in [2.75, 3.05) is 19.7 Å². The number of benzene rings is 2. The van der Waals surface area contributed by atoms with Gasteiger partial charge in [-0.25, -0.2) is 4.98 Å². The normalized spacial score (nSPS) is 15.3. The van der Waals surface area contributed by atoms with E-state index in [1.54, 1.807) is 0 Å². The lowest BCUT2D eigenvalue weighted by Gasteiger charge is -2.31. The Morgan fingerprint density at radius 3 is 2.53 bits per heavy atom. The molecule has 0 spiro atoms. The summed E-state index contributed by atoms with van der Waals surface area (Å²) in [5.74, 6) is 2.55. The van der Waals surface area contributed by atoms with Gasteiger partial charge in [0.05, 0.1) is 17.6 Å². The van der Waals surface area contributed by atoms with Crippen molar-refractivity contribution in [3.63, 3.8) is 0 Å². The monoisotopic (exact) mass is 433 g/mol. The number of hydrogen-bond acceptors (Lipinski definition) is 3. The first-order chi connectivity index (χ1) is 15.3. The molecule has 1 fully saturated rings. The lowest BCUT2D eigenvalue weighted by Crippen LogP contribution is -2.38. The third-order valence-corrected chi connectivity index (χ3v) is 6.41. The number of fused-ring (bicyclic) bond motifs is 1.